The first-order chi connectivity index (χ1) is 10.3. The van der Waals surface area contributed by atoms with Crippen LogP contribution in [-0.4, -0.2) is 24.3 Å². The molecule has 0 saturated carbocycles. The summed E-state index contributed by atoms with van der Waals surface area (Å²) in [4.78, 5) is 14.1. The third kappa shape index (κ3) is 5.49. The SMILES string of the molecule is O=C(NCC[C@H](CCO)c1cccs1)NCc1cccs1. The molecule has 0 bridgehead atoms. The van der Waals surface area contributed by atoms with Crippen molar-refractivity contribution in [2.45, 2.75) is 25.3 Å². The van der Waals surface area contributed by atoms with Gasteiger partial charge in [0.05, 0.1) is 6.54 Å². The fourth-order valence-corrected chi connectivity index (χ4v) is 3.66. The first kappa shape index (κ1) is 16.0. The summed E-state index contributed by atoms with van der Waals surface area (Å²) in [5.74, 6) is 0.313. The number of hydrogen-bond acceptors (Lipinski definition) is 4. The third-order valence-electron chi connectivity index (χ3n) is 3.20. The highest BCUT2D eigenvalue weighted by atomic mass is 32.1. The quantitative estimate of drug-likeness (QED) is 0.698. The number of rotatable bonds is 8. The molecule has 2 aromatic heterocycles. The minimum atomic E-state index is -0.141. The molecule has 2 heterocycles. The van der Waals surface area contributed by atoms with Gasteiger partial charge in [0, 0.05) is 22.9 Å². The minimum Gasteiger partial charge on any atom is -0.396 e. The fraction of sp³-hybridized carbons (Fsp3) is 0.400. The van der Waals surface area contributed by atoms with Crippen molar-refractivity contribution in [3.8, 4) is 0 Å². The normalized spacial score (nSPS) is 12.0. The largest absolute Gasteiger partial charge is 0.396 e. The third-order valence-corrected chi connectivity index (χ3v) is 5.12. The number of hydrogen-bond donors (Lipinski definition) is 3. The first-order valence-electron chi connectivity index (χ1n) is 6.98. The van der Waals surface area contributed by atoms with Gasteiger partial charge in [-0.05, 0) is 41.7 Å². The van der Waals surface area contributed by atoms with Crippen molar-refractivity contribution < 1.29 is 9.90 Å². The summed E-state index contributed by atoms with van der Waals surface area (Å²) in [5, 5.41) is 18.9. The Hall–Kier alpha value is -1.37. The Kier molecular flexibility index (Phi) is 6.72. The minimum absolute atomic E-state index is 0.141. The number of aliphatic hydroxyl groups is 1. The average Bonchev–Trinajstić information content (AvgIpc) is 3.17. The second kappa shape index (κ2) is 8.81. The number of nitrogens with one attached hydrogen (secondary N) is 2. The second-order valence-corrected chi connectivity index (χ2v) is 6.71. The maximum atomic E-state index is 11.7. The van der Waals surface area contributed by atoms with Gasteiger partial charge in [0.2, 0.25) is 0 Å². The van der Waals surface area contributed by atoms with Gasteiger partial charge in [-0.3, -0.25) is 0 Å². The molecule has 2 rings (SSSR count). The first-order valence-corrected chi connectivity index (χ1v) is 8.74. The summed E-state index contributed by atoms with van der Waals surface area (Å²) < 4.78 is 0. The van der Waals surface area contributed by atoms with Gasteiger partial charge >= 0.3 is 6.03 Å². The highest BCUT2D eigenvalue weighted by Gasteiger charge is 2.12. The molecule has 2 amide bonds. The van der Waals surface area contributed by atoms with Gasteiger partial charge in [0.15, 0.2) is 0 Å². The fourth-order valence-electron chi connectivity index (χ4n) is 2.11. The van der Waals surface area contributed by atoms with E-state index in [0.717, 1.165) is 17.7 Å². The Bertz CT molecular complexity index is 512. The number of urea groups is 1. The standard InChI is InChI=1S/C15H20N2O2S2/c18-8-6-12(14-4-2-10-21-14)5-7-16-15(19)17-11-13-3-1-9-20-13/h1-4,9-10,12,18H,5-8,11H2,(H2,16,17,19)/t12-/m1/s1. The van der Waals surface area contributed by atoms with Crippen molar-refractivity contribution in [1.29, 1.82) is 0 Å². The van der Waals surface area contributed by atoms with E-state index in [1.165, 1.54) is 4.88 Å². The average molecular weight is 324 g/mol. The summed E-state index contributed by atoms with van der Waals surface area (Å²) in [5.41, 5.74) is 0. The molecule has 1 atom stereocenters. The van der Waals surface area contributed by atoms with Gasteiger partial charge in [-0.1, -0.05) is 12.1 Å². The van der Waals surface area contributed by atoms with Crippen LogP contribution in [0.25, 0.3) is 0 Å². The van der Waals surface area contributed by atoms with Crippen molar-refractivity contribution >= 4 is 28.7 Å². The van der Waals surface area contributed by atoms with Crippen LogP contribution < -0.4 is 10.6 Å². The van der Waals surface area contributed by atoms with Crippen molar-refractivity contribution in [1.82, 2.24) is 10.6 Å². The Morgan fingerprint density at radius 3 is 2.62 bits per heavy atom. The molecule has 0 aliphatic rings. The molecule has 21 heavy (non-hydrogen) atoms. The summed E-state index contributed by atoms with van der Waals surface area (Å²) in [7, 11) is 0. The monoisotopic (exact) mass is 324 g/mol. The number of aliphatic hydroxyl groups excluding tert-OH is 1. The molecule has 6 heteroatoms. The van der Waals surface area contributed by atoms with E-state index in [4.69, 9.17) is 5.11 Å². The Labute approximate surface area is 132 Å². The van der Waals surface area contributed by atoms with Gasteiger partial charge in [0.25, 0.3) is 0 Å². The van der Waals surface area contributed by atoms with Gasteiger partial charge in [0.1, 0.15) is 0 Å². The van der Waals surface area contributed by atoms with Gasteiger partial charge in [-0.15, -0.1) is 22.7 Å². The predicted octanol–water partition coefficient (Wildman–Crippen LogP) is 3.17. The molecule has 0 aliphatic carbocycles. The molecule has 0 spiro atoms. The van der Waals surface area contributed by atoms with Crippen LogP contribution in [0.2, 0.25) is 0 Å². The van der Waals surface area contributed by atoms with E-state index < -0.39 is 0 Å². The molecule has 0 radical (unpaired) electrons. The van der Waals surface area contributed by atoms with Crippen LogP contribution in [0.5, 0.6) is 0 Å². The smallest absolute Gasteiger partial charge is 0.315 e. The van der Waals surface area contributed by atoms with E-state index >= 15 is 0 Å². The molecule has 4 nitrogen and oxygen atoms in total. The molecule has 0 fully saturated rings. The van der Waals surface area contributed by atoms with Gasteiger partial charge < -0.3 is 15.7 Å². The van der Waals surface area contributed by atoms with Crippen LogP contribution in [-0.2, 0) is 6.54 Å². The molecule has 0 unspecified atom stereocenters. The number of amides is 2. The van der Waals surface area contributed by atoms with Crippen molar-refractivity contribution in [3.05, 3.63) is 44.8 Å². The lowest BCUT2D eigenvalue weighted by Gasteiger charge is -2.14. The molecule has 114 valence electrons. The highest BCUT2D eigenvalue weighted by molar-refractivity contribution is 7.10. The summed E-state index contributed by atoms with van der Waals surface area (Å²) in [6, 6.07) is 7.93. The maximum Gasteiger partial charge on any atom is 0.315 e. The summed E-state index contributed by atoms with van der Waals surface area (Å²) >= 11 is 3.33. The van der Waals surface area contributed by atoms with Crippen LogP contribution in [0.1, 0.15) is 28.5 Å². The molecule has 0 aromatic carbocycles. The lowest BCUT2D eigenvalue weighted by molar-refractivity contribution is 0.239. The summed E-state index contributed by atoms with van der Waals surface area (Å²) in [6.45, 7) is 1.35. The number of carbonyl (C=O) groups excluding carboxylic acids is 1. The molecule has 0 saturated heterocycles. The van der Waals surface area contributed by atoms with Crippen molar-refractivity contribution in [2.24, 2.45) is 0 Å². The lowest BCUT2D eigenvalue weighted by atomic mass is 10.00. The zero-order valence-corrected chi connectivity index (χ0v) is 13.4. The van der Waals surface area contributed by atoms with Gasteiger partial charge in [-0.25, -0.2) is 4.79 Å². The zero-order valence-electron chi connectivity index (χ0n) is 11.7. The Morgan fingerprint density at radius 1 is 1.14 bits per heavy atom. The van der Waals surface area contributed by atoms with Crippen LogP contribution in [0.3, 0.4) is 0 Å². The van der Waals surface area contributed by atoms with E-state index in [1.807, 2.05) is 29.0 Å². The molecular weight excluding hydrogens is 304 g/mol. The van der Waals surface area contributed by atoms with Crippen molar-refractivity contribution in [2.75, 3.05) is 13.2 Å². The van der Waals surface area contributed by atoms with Crippen LogP contribution >= 0.6 is 22.7 Å². The van der Waals surface area contributed by atoms with Crippen LogP contribution in [0.15, 0.2) is 35.0 Å². The second-order valence-electron chi connectivity index (χ2n) is 4.70. The molecular formula is C15H20N2O2S2. The topological polar surface area (TPSA) is 61.4 Å². The summed E-state index contributed by atoms with van der Waals surface area (Å²) in [6.07, 6.45) is 1.58. The molecule has 2 aromatic rings. The molecule has 0 aliphatic heterocycles. The van der Waals surface area contributed by atoms with Crippen LogP contribution in [0.4, 0.5) is 4.79 Å². The van der Waals surface area contributed by atoms with E-state index in [0.29, 0.717) is 19.0 Å². The predicted molar refractivity (Wildman–Crippen MR) is 87.9 cm³/mol. The molecule has 3 N–H and O–H groups in total. The van der Waals surface area contributed by atoms with Gasteiger partial charge in [-0.2, -0.15) is 0 Å². The lowest BCUT2D eigenvalue weighted by Crippen LogP contribution is -2.35. The Morgan fingerprint density at radius 2 is 1.95 bits per heavy atom. The zero-order chi connectivity index (χ0) is 14.9. The van der Waals surface area contributed by atoms with Crippen molar-refractivity contribution in [3.63, 3.8) is 0 Å². The maximum absolute atomic E-state index is 11.7. The number of carbonyl (C=O) groups is 1. The van der Waals surface area contributed by atoms with E-state index in [2.05, 4.69) is 16.7 Å². The van der Waals surface area contributed by atoms with E-state index in [-0.39, 0.29) is 12.6 Å². The van der Waals surface area contributed by atoms with E-state index in [1.54, 1.807) is 22.7 Å². The number of thiophene rings is 2. The highest BCUT2D eigenvalue weighted by Crippen LogP contribution is 2.26. The Balaban J connectivity index is 1.68. The van der Waals surface area contributed by atoms with Crippen LogP contribution in [0, 0.1) is 0 Å². The van der Waals surface area contributed by atoms with E-state index in [9.17, 15) is 4.79 Å².